The highest BCUT2D eigenvalue weighted by Gasteiger charge is 2.66. The number of rotatable bonds is 5. The van der Waals surface area contributed by atoms with Crippen molar-refractivity contribution in [3.05, 3.63) is 0 Å². The molecule has 4 nitrogen and oxygen atoms in total. The number of alkyl halides is 2. The number of halogens is 2. The lowest BCUT2D eigenvalue weighted by atomic mass is 10.1. The van der Waals surface area contributed by atoms with E-state index in [1.165, 1.54) is 0 Å². The first-order valence-electron chi connectivity index (χ1n) is 6.42. The summed E-state index contributed by atoms with van der Waals surface area (Å²) in [5.74, 6) is 0.137. The summed E-state index contributed by atoms with van der Waals surface area (Å²) in [6, 6.07) is 0. The van der Waals surface area contributed by atoms with Crippen molar-refractivity contribution in [2.45, 2.75) is 23.0 Å². The van der Waals surface area contributed by atoms with E-state index in [0.29, 0.717) is 0 Å². The van der Waals surface area contributed by atoms with E-state index in [-0.39, 0.29) is 14.6 Å². The highest BCUT2D eigenvalue weighted by molar-refractivity contribution is 9.25. The molecule has 1 atom stereocenters. The van der Waals surface area contributed by atoms with Crippen molar-refractivity contribution >= 4 is 37.8 Å². The Balaban J connectivity index is 1.60. The summed E-state index contributed by atoms with van der Waals surface area (Å²) in [6.07, 6.45) is 1.84. The molecule has 0 spiro atoms. The quantitative estimate of drug-likeness (QED) is 0.580. The van der Waals surface area contributed by atoms with Crippen LogP contribution in [0.2, 0.25) is 0 Å². The average Bonchev–Trinajstić information content (AvgIpc) is 2.87. The van der Waals surface area contributed by atoms with Gasteiger partial charge >= 0.3 is 0 Å². The molecule has 0 aromatic heterocycles. The molecule has 0 aromatic carbocycles. The molecule has 104 valence electrons. The predicted molar refractivity (Wildman–Crippen MR) is 78.2 cm³/mol. The molecule has 0 unspecified atom stereocenters. The number of morpholine rings is 1. The van der Waals surface area contributed by atoms with Crippen LogP contribution in [0.1, 0.15) is 19.8 Å². The van der Waals surface area contributed by atoms with Gasteiger partial charge in [0.1, 0.15) is 0 Å². The minimum atomic E-state index is -0.300. The predicted octanol–water partition coefficient (Wildman–Crippen LogP) is 1.72. The first kappa shape index (κ1) is 14.8. The fourth-order valence-corrected chi connectivity index (χ4v) is 3.65. The van der Waals surface area contributed by atoms with Gasteiger partial charge in [0, 0.05) is 19.6 Å². The third-order valence-corrected chi connectivity index (χ3v) is 6.11. The van der Waals surface area contributed by atoms with Gasteiger partial charge in [0.25, 0.3) is 0 Å². The van der Waals surface area contributed by atoms with Gasteiger partial charge in [0.2, 0.25) is 5.91 Å². The number of hydrogen-bond acceptors (Lipinski definition) is 3. The van der Waals surface area contributed by atoms with Gasteiger partial charge in [0.15, 0.2) is 0 Å². The number of amides is 1. The molecule has 1 amide bonds. The smallest absolute Gasteiger partial charge is 0.228 e. The van der Waals surface area contributed by atoms with E-state index in [2.05, 4.69) is 42.1 Å². The normalized spacial score (nSPS) is 31.1. The molecule has 18 heavy (non-hydrogen) atoms. The molecule has 1 aliphatic heterocycles. The summed E-state index contributed by atoms with van der Waals surface area (Å²) in [4.78, 5) is 14.4. The number of ether oxygens (including phenoxy) is 1. The monoisotopic (exact) mass is 382 g/mol. The summed E-state index contributed by atoms with van der Waals surface area (Å²) >= 11 is 7.03. The van der Waals surface area contributed by atoms with Crippen molar-refractivity contribution in [1.29, 1.82) is 0 Å². The second-order valence-corrected chi connectivity index (χ2v) is 9.05. The van der Waals surface area contributed by atoms with E-state index in [1.807, 2.05) is 6.92 Å². The van der Waals surface area contributed by atoms with Crippen LogP contribution in [-0.4, -0.2) is 53.4 Å². The van der Waals surface area contributed by atoms with Crippen LogP contribution in [0, 0.1) is 5.41 Å². The molecule has 6 heteroatoms. The van der Waals surface area contributed by atoms with Gasteiger partial charge in [-0.2, -0.15) is 0 Å². The average molecular weight is 384 g/mol. The van der Waals surface area contributed by atoms with E-state index < -0.39 is 0 Å². The second-order valence-electron chi connectivity index (χ2n) is 5.28. The molecule has 1 aliphatic carbocycles. The van der Waals surface area contributed by atoms with E-state index >= 15 is 0 Å². The van der Waals surface area contributed by atoms with E-state index in [0.717, 1.165) is 52.2 Å². The van der Waals surface area contributed by atoms with Crippen molar-refractivity contribution in [1.82, 2.24) is 10.2 Å². The number of hydrogen-bond donors (Lipinski definition) is 1. The molecule has 0 aromatic rings. The zero-order valence-corrected chi connectivity index (χ0v) is 13.8. The van der Waals surface area contributed by atoms with E-state index in [4.69, 9.17) is 4.74 Å². The molecule has 1 N–H and O–H groups in total. The van der Waals surface area contributed by atoms with Gasteiger partial charge in [-0.05, 0) is 26.3 Å². The van der Waals surface area contributed by atoms with E-state index in [1.54, 1.807) is 0 Å². The SMILES string of the molecule is C[C@]1(C(=O)NCCCN2CCOCC2)CC1(Br)Br. The maximum atomic E-state index is 12.0. The lowest BCUT2D eigenvalue weighted by molar-refractivity contribution is -0.125. The Kier molecular flexibility index (Phi) is 4.73. The molecule has 0 radical (unpaired) electrons. The topological polar surface area (TPSA) is 41.6 Å². The lowest BCUT2D eigenvalue weighted by Gasteiger charge is -2.26. The van der Waals surface area contributed by atoms with Crippen molar-refractivity contribution in [3.63, 3.8) is 0 Å². The second kappa shape index (κ2) is 5.77. The molecule has 1 saturated heterocycles. The molecule has 2 aliphatic rings. The number of nitrogens with zero attached hydrogens (tertiary/aromatic N) is 1. The Morgan fingerprint density at radius 3 is 2.56 bits per heavy atom. The van der Waals surface area contributed by atoms with Crippen LogP contribution in [0.4, 0.5) is 0 Å². The van der Waals surface area contributed by atoms with Crippen LogP contribution < -0.4 is 5.32 Å². The Morgan fingerprint density at radius 1 is 1.39 bits per heavy atom. The van der Waals surface area contributed by atoms with Crippen LogP contribution in [0.3, 0.4) is 0 Å². The summed E-state index contributed by atoms with van der Waals surface area (Å²) in [6.45, 7) is 7.46. The minimum Gasteiger partial charge on any atom is -0.379 e. The zero-order chi connectivity index (χ0) is 13.2. The fourth-order valence-electron chi connectivity index (χ4n) is 2.17. The van der Waals surface area contributed by atoms with Gasteiger partial charge in [-0.1, -0.05) is 31.9 Å². The highest BCUT2D eigenvalue weighted by atomic mass is 79.9. The van der Waals surface area contributed by atoms with Gasteiger partial charge < -0.3 is 10.1 Å². The number of nitrogens with one attached hydrogen (secondary N) is 1. The Bertz CT molecular complexity index is 319. The summed E-state index contributed by atoms with van der Waals surface area (Å²) in [7, 11) is 0. The Morgan fingerprint density at radius 2 is 2.00 bits per heavy atom. The maximum absolute atomic E-state index is 12.0. The van der Waals surface area contributed by atoms with Gasteiger partial charge in [0.05, 0.1) is 21.9 Å². The standard InChI is InChI=1S/C12H20Br2N2O2/c1-11(9-12(11,13)14)10(17)15-3-2-4-16-5-7-18-8-6-16/h2-9H2,1H3,(H,15,17)/t11-/m1/s1. The largest absolute Gasteiger partial charge is 0.379 e. The third kappa shape index (κ3) is 3.26. The van der Waals surface area contributed by atoms with Crippen molar-refractivity contribution in [3.8, 4) is 0 Å². The van der Waals surface area contributed by atoms with Gasteiger partial charge in [-0.25, -0.2) is 0 Å². The molecular formula is C12H20Br2N2O2. The van der Waals surface area contributed by atoms with Crippen molar-refractivity contribution < 1.29 is 9.53 Å². The number of carbonyl (C=O) groups is 1. The molecule has 1 saturated carbocycles. The van der Waals surface area contributed by atoms with Gasteiger partial charge in [-0.15, -0.1) is 0 Å². The van der Waals surface area contributed by atoms with Crippen molar-refractivity contribution in [2.75, 3.05) is 39.4 Å². The van der Waals surface area contributed by atoms with Crippen LogP contribution in [0.25, 0.3) is 0 Å². The van der Waals surface area contributed by atoms with Crippen LogP contribution >= 0.6 is 31.9 Å². The number of carbonyl (C=O) groups excluding carboxylic acids is 1. The molecule has 2 fully saturated rings. The maximum Gasteiger partial charge on any atom is 0.228 e. The first-order chi connectivity index (χ1) is 8.46. The Labute approximate surface area is 125 Å². The third-order valence-electron chi connectivity index (χ3n) is 3.80. The summed E-state index contributed by atoms with van der Waals surface area (Å²) < 4.78 is 5.11. The summed E-state index contributed by atoms with van der Waals surface area (Å²) in [5, 5.41) is 3.02. The fraction of sp³-hybridized carbons (Fsp3) is 0.917. The van der Waals surface area contributed by atoms with E-state index in [9.17, 15) is 4.79 Å². The molecule has 0 bridgehead atoms. The zero-order valence-electron chi connectivity index (χ0n) is 10.7. The molecule has 1 heterocycles. The van der Waals surface area contributed by atoms with Crippen molar-refractivity contribution in [2.24, 2.45) is 5.41 Å². The minimum absolute atomic E-state index is 0.137. The van der Waals surface area contributed by atoms with Crippen LogP contribution in [0.5, 0.6) is 0 Å². The Hall–Kier alpha value is 0.350. The molecule has 2 rings (SSSR count). The van der Waals surface area contributed by atoms with Gasteiger partial charge in [-0.3, -0.25) is 9.69 Å². The summed E-state index contributed by atoms with van der Waals surface area (Å²) in [5.41, 5.74) is -0.300. The van der Waals surface area contributed by atoms with Crippen LogP contribution in [0.15, 0.2) is 0 Å². The first-order valence-corrected chi connectivity index (χ1v) is 8.00. The highest BCUT2D eigenvalue weighted by Crippen LogP contribution is 2.66. The molecular weight excluding hydrogens is 364 g/mol. The van der Waals surface area contributed by atoms with Crippen LogP contribution in [-0.2, 0) is 9.53 Å². The lowest BCUT2D eigenvalue weighted by Crippen LogP contribution is -2.39.